The monoisotopic (exact) mass is 457 g/mol. The van der Waals surface area contributed by atoms with Crippen LogP contribution in [0.15, 0.2) is 73.1 Å². The highest BCUT2D eigenvalue weighted by atomic mass is 19.4. The highest BCUT2D eigenvalue weighted by Crippen LogP contribution is 2.23. The van der Waals surface area contributed by atoms with Crippen molar-refractivity contribution >= 4 is 17.0 Å². The van der Waals surface area contributed by atoms with Crippen molar-refractivity contribution in [1.29, 1.82) is 0 Å². The molecule has 1 atom stereocenters. The van der Waals surface area contributed by atoms with E-state index in [2.05, 4.69) is 20.0 Å². The fraction of sp³-hybridized carbons (Fsp3) is 0.167. The lowest BCUT2D eigenvalue weighted by Gasteiger charge is -2.20. The number of H-pyrrole nitrogens is 1. The molecule has 1 heterocycles. The minimum Gasteiger partial charge on any atom is -0.440 e. The highest BCUT2D eigenvalue weighted by molar-refractivity contribution is 5.81. The topological polar surface area (TPSA) is 67.0 Å². The minimum atomic E-state index is -5.11. The van der Waals surface area contributed by atoms with Gasteiger partial charge in [-0.2, -0.15) is 13.2 Å². The van der Waals surface area contributed by atoms with Gasteiger partial charge in [0.2, 0.25) is 0 Å². The third kappa shape index (κ3) is 5.75. The maximum absolute atomic E-state index is 13.1. The molecule has 0 amide bonds. The van der Waals surface area contributed by atoms with Crippen LogP contribution in [0, 0.1) is 5.82 Å². The summed E-state index contributed by atoms with van der Waals surface area (Å²) < 4.78 is 55.8. The standard InChI is InChI=1S/C24H19F4N3O2/c25-19-8-3-15(4-9-19)11-22(33-23(32)24(26,27)28)29-13-16-1-5-17(6-2-16)18-7-10-20-21(12-18)31-14-30-20/h1-10,12,14,22,29H,11,13H2,(H,30,31). The lowest BCUT2D eigenvalue weighted by Crippen LogP contribution is -2.39. The van der Waals surface area contributed by atoms with Gasteiger partial charge >= 0.3 is 12.1 Å². The number of halogens is 4. The first-order valence-electron chi connectivity index (χ1n) is 10.1. The summed E-state index contributed by atoms with van der Waals surface area (Å²) >= 11 is 0. The number of hydrogen-bond donors (Lipinski definition) is 2. The van der Waals surface area contributed by atoms with Crippen LogP contribution in [0.25, 0.3) is 22.2 Å². The van der Waals surface area contributed by atoms with E-state index in [1.165, 1.54) is 24.3 Å². The first kappa shape index (κ1) is 22.5. The van der Waals surface area contributed by atoms with Crippen molar-refractivity contribution in [3.63, 3.8) is 0 Å². The summed E-state index contributed by atoms with van der Waals surface area (Å²) in [5, 5.41) is 2.83. The molecule has 33 heavy (non-hydrogen) atoms. The molecule has 0 spiro atoms. The van der Waals surface area contributed by atoms with E-state index < -0.39 is 24.2 Å². The molecule has 0 fully saturated rings. The van der Waals surface area contributed by atoms with Crippen molar-refractivity contribution in [3.8, 4) is 11.1 Å². The molecule has 0 radical (unpaired) electrons. The summed E-state index contributed by atoms with van der Waals surface area (Å²) in [7, 11) is 0. The third-order valence-corrected chi connectivity index (χ3v) is 5.06. The first-order chi connectivity index (χ1) is 15.8. The molecule has 4 aromatic rings. The number of imidazole rings is 1. The van der Waals surface area contributed by atoms with Gasteiger partial charge in [-0.3, -0.25) is 5.32 Å². The Balaban J connectivity index is 1.44. The molecule has 170 valence electrons. The highest BCUT2D eigenvalue weighted by Gasteiger charge is 2.42. The second kappa shape index (κ2) is 9.41. The maximum atomic E-state index is 13.1. The Morgan fingerprint density at radius 1 is 0.970 bits per heavy atom. The lowest BCUT2D eigenvalue weighted by atomic mass is 10.0. The number of benzene rings is 3. The van der Waals surface area contributed by atoms with Crippen LogP contribution in [0.1, 0.15) is 11.1 Å². The van der Waals surface area contributed by atoms with Gasteiger partial charge < -0.3 is 9.72 Å². The molecule has 2 N–H and O–H groups in total. The average Bonchev–Trinajstić information content (AvgIpc) is 3.26. The second-order valence-electron chi connectivity index (χ2n) is 7.43. The summed E-state index contributed by atoms with van der Waals surface area (Å²) in [6, 6.07) is 18.5. The fourth-order valence-electron chi connectivity index (χ4n) is 3.34. The van der Waals surface area contributed by atoms with Gasteiger partial charge in [0.15, 0.2) is 6.23 Å². The first-order valence-corrected chi connectivity index (χ1v) is 10.1. The maximum Gasteiger partial charge on any atom is 0.490 e. The number of carbonyl (C=O) groups excluding carboxylic acids is 1. The molecule has 0 aliphatic heterocycles. The predicted molar refractivity (Wildman–Crippen MR) is 114 cm³/mol. The SMILES string of the molecule is O=C(OC(Cc1ccc(F)cc1)NCc1ccc(-c2ccc3[nH]cnc3c2)cc1)C(F)(F)F. The summed E-state index contributed by atoms with van der Waals surface area (Å²) in [5.41, 5.74) is 5.01. The van der Waals surface area contributed by atoms with Gasteiger partial charge in [-0.25, -0.2) is 14.2 Å². The van der Waals surface area contributed by atoms with Gasteiger partial charge in [-0.1, -0.05) is 42.5 Å². The van der Waals surface area contributed by atoms with E-state index in [9.17, 15) is 22.4 Å². The summed E-state index contributed by atoms with van der Waals surface area (Å²) in [5.74, 6) is -2.76. The van der Waals surface area contributed by atoms with E-state index in [4.69, 9.17) is 0 Å². The van der Waals surface area contributed by atoms with Crippen LogP contribution < -0.4 is 5.32 Å². The summed E-state index contributed by atoms with van der Waals surface area (Å²) in [6.45, 7) is 0.162. The third-order valence-electron chi connectivity index (χ3n) is 5.06. The lowest BCUT2D eigenvalue weighted by molar-refractivity contribution is -0.206. The van der Waals surface area contributed by atoms with E-state index in [1.54, 1.807) is 6.33 Å². The minimum absolute atomic E-state index is 0.0517. The van der Waals surface area contributed by atoms with Gasteiger partial charge in [-0.15, -0.1) is 0 Å². The molecule has 4 rings (SSSR count). The van der Waals surface area contributed by atoms with E-state index in [0.717, 1.165) is 27.7 Å². The van der Waals surface area contributed by atoms with Crippen LogP contribution in [-0.2, 0) is 22.5 Å². The Morgan fingerprint density at radius 2 is 1.64 bits per heavy atom. The zero-order valence-corrected chi connectivity index (χ0v) is 17.2. The van der Waals surface area contributed by atoms with Crippen LogP contribution in [0.4, 0.5) is 17.6 Å². The van der Waals surface area contributed by atoms with Crippen molar-refractivity contribution in [2.24, 2.45) is 0 Å². The van der Waals surface area contributed by atoms with Crippen LogP contribution in [0.5, 0.6) is 0 Å². The van der Waals surface area contributed by atoms with Crippen LogP contribution in [0.2, 0.25) is 0 Å². The molecule has 0 aliphatic rings. The van der Waals surface area contributed by atoms with Crippen molar-refractivity contribution in [2.45, 2.75) is 25.4 Å². The number of alkyl halides is 3. The molecule has 3 aromatic carbocycles. The smallest absolute Gasteiger partial charge is 0.440 e. The molecule has 0 bridgehead atoms. The zero-order valence-electron chi connectivity index (χ0n) is 17.2. The molecule has 5 nitrogen and oxygen atoms in total. The van der Waals surface area contributed by atoms with Crippen LogP contribution in [-0.4, -0.2) is 28.3 Å². The number of nitrogens with one attached hydrogen (secondary N) is 2. The number of carbonyl (C=O) groups is 1. The molecule has 0 saturated carbocycles. The van der Waals surface area contributed by atoms with E-state index >= 15 is 0 Å². The number of nitrogens with zero attached hydrogens (tertiary/aromatic N) is 1. The number of hydrogen-bond acceptors (Lipinski definition) is 4. The van der Waals surface area contributed by atoms with Crippen molar-refractivity contribution < 1.29 is 27.1 Å². The molecule has 9 heteroatoms. The number of fused-ring (bicyclic) bond motifs is 1. The molecular weight excluding hydrogens is 438 g/mol. The number of rotatable bonds is 7. The fourth-order valence-corrected chi connectivity index (χ4v) is 3.34. The van der Waals surface area contributed by atoms with Gasteiger partial charge in [0.1, 0.15) is 5.82 Å². The van der Waals surface area contributed by atoms with Crippen molar-refractivity contribution in [3.05, 3.63) is 90.0 Å². The summed E-state index contributed by atoms with van der Waals surface area (Å²) in [6.07, 6.45) is -4.78. The van der Waals surface area contributed by atoms with Gasteiger partial charge in [0.05, 0.1) is 17.4 Å². The van der Waals surface area contributed by atoms with E-state index in [-0.39, 0.29) is 13.0 Å². The van der Waals surface area contributed by atoms with Crippen molar-refractivity contribution in [1.82, 2.24) is 15.3 Å². The largest absolute Gasteiger partial charge is 0.490 e. The number of ether oxygens (including phenoxy) is 1. The van der Waals surface area contributed by atoms with Crippen molar-refractivity contribution in [2.75, 3.05) is 0 Å². The van der Waals surface area contributed by atoms with Gasteiger partial charge in [-0.05, 0) is 46.5 Å². The van der Waals surface area contributed by atoms with Gasteiger partial charge in [0, 0.05) is 13.0 Å². The van der Waals surface area contributed by atoms with E-state index in [0.29, 0.717) is 5.56 Å². The Kier molecular flexibility index (Phi) is 6.41. The molecule has 0 aliphatic carbocycles. The van der Waals surface area contributed by atoms with E-state index in [1.807, 2.05) is 42.5 Å². The quantitative estimate of drug-likeness (QED) is 0.229. The Labute approximate surface area is 186 Å². The summed E-state index contributed by atoms with van der Waals surface area (Å²) in [4.78, 5) is 18.6. The Bertz CT molecular complexity index is 1240. The number of esters is 1. The van der Waals surface area contributed by atoms with Gasteiger partial charge in [0.25, 0.3) is 0 Å². The van der Waals surface area contributed by atoms with Crippen LogP contribution in [0.3, 0.4) is 0 Å². The zero-order chi connectivity index (χ0) is 23.4. The number of aromatic amines is 1. The predicted octanol–water partition coefficient (Wildman–Crippen LogP) is 5.13. The van der Waals surface area contributed by atoms with Crippen LogP contribution >= 0.6 is 0 Å². The molecule has 0 saturated heterocycles. The second-order valence-corrected chi connectivity index (χ2v) is 7.43. The Morgan fingerprint density at radius 3 is 2.33 bits per heavy atom. The molecular formula is C24H19F4N3O2. The number of aromatic nitrogens is 2. The molecule has 1 unspecified atom stereocenters. The normalized spacial score (nSPS) is 12.6. The Hall–Kier alpha value is -3.72. The molecule has 1 aromatic heterocycles. The average molecular weight is 457 g/mol.